The fourth-order valence-electron chi connectivity index (χ4n) is 1.59. The summed E-state index contributed by atoms with van der Waals surface area (Å²) in [5.74, 6) is 0.469. The van der Waals surface area contributed by atoms with E-state index in [1.165, 1.54) is 4.68 Å². The van der Waals surface area contributed by atoms with Gasteiger partial charge in [-0.1, -0.05) is 6.92 Å². The molecule has 0 bridgehead atoms. The molecule has 0 spiro atoms. The van der Waals surface area contributed by atoms with Crippen molar-refractivity contribution >= 4 is 11.5 Å². The lowest BCUT2D eigenvalue weighted by atomic mass is 10.4. The molecule has 0 radical (unpaired) electrons. The van der Waals surface area contributed by atoms with Gasteiger partial charge in [-0.2, -0.15) is 5.10 Å². The number of anilines is 1. The van der Waals surface area contributed by atoms with Gasteiger partial charge in [0, 0.05) is 20.1 Å². The first-order valence-electron chi connectivity index (χ1n) is 5.57. The zero-order valence-electron chi connectivity index (χ0n) is 10.7. The third-order valence-corrected chi connectivity index (χ3v) is 2.70. The van der Waals surface area contributed by atoms with Crippen LogP contribution in [0.25, 0.3) is 0 Å². The van der Waals surface area contributed by atoms with E-state index in [9.17, 15) is 10.1 Å². The molecule has 0 fully saturated rings. The highest BCUT2D eigenvalue weighted by molar-refractivity contribution is 5.59. The lowest BCUT2D eigenvalue weighted by molar-refractivity contribution is -0.384. The van der Waals surface area contributed by atoms with Gasteiger partial charge in [0.25, 0.3) is 0 Å². The molecule has 0 unspecified atom stereocenters. The van der Waals surface area contributed by atoms with E-state index in [2.05, 4.69) is 22.2 Å². The third-order valence-electron chi connectivity index (χ3n) is 2.70. The van der Waals surface area contributed by atoms with Crippen molar-refractivity contribution < 1.29 is 4.92 Å². The Balaban J connectivity index is 2.73. The Morgan fingerprint density at radius 3 is 2.76 bits per heavy atom. The van der Waals surface area contributed by atoms with E-state index in [0.29, 0.717) is 18.1 Å². The minimum atomic E-state index is -0.395. The minimum Gasteiger partial charge on any atom is -0.363 e. The smallest absolute Gasteiger partial charge is 0.333 e. The molecule has 1 aromatic heterocycles. The molecule has 1 rings (SSSR count). The van der Waals surface area contributed by atoms with Crippen LogP contribution in [-0.2, 0) is 7.05 Å². The van der Waals surface area contributed by atoms with Crippen LogP contribution in [0.3, 0.4) is 0 Å². The van der Waals surface area contributed by atoms with Crippen LogP contribution in [0.1, 0.15) is 12.6 Å². The average Bonchev–Trinajstić information content (AvgIpc) is 2.53. The summed E-state index contributed by atoms with van der Waals surface area (Å²) in [5.41, 5.74) is 0.496. The number of likely N-dealkylation sites (N-methyl/N-ethyl adjacent to an activating group) is 1. The van der Waals surface area contributed by atoms with Crippen LogP contribution in [-0.4, -0.2) is 46.3 Å². The van der Waals surface area contributed by atoms with Crippen molar-refractivity contribution in [2.24, 2.45) is 7.05 Å². The molecule has 0 saturated heterocycles. The van der Waals surface area contributed by atoms with Crippen LogP contribution in [0.15, 0.2) is 0 Å². The fraction of sp³-hybridized carbons (Fsp3) is 0.700. The largest absolute Gasteiger partial charge is 0.363 e. The van der Waals surface area contributed by atoms with Crippen LogP contribution in [0.4, 0.5) is 11.5 Å². The van der Waals surface area contributed by atoms with Crippen molar-refractivity contribution in [1.82, 2.24) is 14.7 Å². The summed E-state index contributed by atoms with van der Waals surface area (Å²) in [6.07, 6.45) is 0. The molecular formula is C10H19N5O2. The van der Waals surface area contributed by atoms with E-state index in [1.54, 1.807) is 14.0 Å². The molecule has 7 nitrogen and oxygen atoms in total. The Bertz CT molecular complexity index is 402. The monoisotopic (exact) mass is 241 g/mol. The van der Waals surface area contributed by atoms with Crippen molar-refractivity contribution in [2.45, 2.75) is 13.8 Å². The lowest BCUT2D eigenvalue weighted by Gasteiger charge is -2.14. The van der Waals surface area contributed by atoms with Gasteiger partial charge >= 0.3 is 5.69 Å². The van der Waals surface area contributed by atoms with E-state index in [4.69, 9.17) is 0 Å². The van der Waals surface area contributed by atoms with Crippen LogP contribution in [0, 0.1) is 17.0 Å². The van der Waals surface area contributed by atoms with E-state index in [-0.39, 0.29) is 5.69 Å². The second kappa shape index (κ2) is 5.62. The quantitative estimate of drug-likeness (QED) is 0.594. The normalized spacial score (nSPS) is 10.9. The Morgan fingerprint density at radius 1 is 1.59 bits per heavy atom. The summed E-state index contributed by atoms with van der Waals surface area (Å²) >= 11 is 0. The molecule has 1 N–H and O–H groups in total. The molecule has 1 heterocycles. The maximum Gasteiger partial charge on any atom is 0.333 e. The first-order valence-corrected chi connectivity index (χ1v) is 5.57. The maximum atomic E-state index is 10.9. The van der Waals surface area contributed by atoms with E-state index in [1.807, 2.05) is 7.05 Å². The maximum absolute atomic E-state index is 10.9. The molecule has 0 aromatic carbocycles. The molecule has 96 valence electrons. The van der Waals surface area contributed by atoms with Crippen LogP contribution in [0.5, 0.6) is 0 Å². The highest BCUT2D eigenvalue weighted by Gasteiger charge is 2.23. The molecule has 0 atom stereocenters. The summed E-state index contributed by atoms with van der Waals surface area (Å²) in [7, 11) is 3.70. The zero-order valence-corrected chi connectivity index (χ0v) is 10.7. The number of nitrogens with one attached hydrogen (secondary N) is 1. The predicted octanol–water partition coefficient (Wildman–Crippen LogP) is 1.00. The zero-order chi connectivity index (χ0) is 13.0. The third kappa shape index (κ3) is 3.16. The number of aromatic nitrogens is 2. The SMILES string of the molecule is CCN(C)CCNc1c([N+](=O)[O-])c(C)nn1C. The highest BCUT2D eigenvalue weighted by atomic mass is 16.6. The van der Waals surface area contributed by atoms with Gasteiger partial charge in [-0.25, -0.2) is 4.68 Å². The molecule has 0 saturated carbocycles. The minimum absolute atomic E-state index is 0.0617. The van der Waals surface area contributed by atoms with Crippen molar-refractivity contribution in [2.75, 3.05) is 32.0 Å². The lowest BCUT2D eigenvalue weighted by Crippen LogP contribution is -2.25. The molecule has 0 aliphatic rings. The first-order chi connectivity index (χ1) is 7.97. The molecule has 0 aliphatic heterocycles. The van der Waals surface area contributed by atoms with Crippen molar-refractivity contribution in [3.05, 3.63) is 15.8 Å². The standard InChI is InChI=1S/C10H19N5O2/c1-5-13(3)7-6-11-10-9(15(16)17)8(2)12-14(10)4/h11H,5-7H2,1-4H3. The number of hydrogen-bond donors (Lipinski definition) is 1. The van der Waals surface area contributed by atoms with Gasteiger partial charge in [-0.3, -0.25) is 10.1 Å². The average molecular weight is 241 g/mol. The van der Waals surface area contributed by atoms with Gasteiger partial charge in [0.15, 0.2) is 0 Å². The van der Waals surface area contributed by atoms with Crippen LogP contribution >= 0.6 is 0 Å². The van der Waals surface area contributed by atoms with E-state index < -0.39 is 4.92 Å². The van der Waals surface area contributed by atoms with Crippen molar-refractivity contribution in [3.63, 3.8) is 0 Å². The Morgan fingerprint density at radius 2 is 2.24 bits per heavy atom. The van der Waals surface area contributed by atoms with Crippen molar-refractivity contribution in [1.29, 1.82) is 0 Å². The number of hydrogen-bond acceptors (Lipinski definition) is 5. The Labute approximate surface area is 101 Å². The first kappa shape index (κ1) is 13.4. The second-order valence-electron chi connectivity index (χ2n) is 3.99. The summed E-state index contributed by atoms with van der Waals surface area (Å²) in [5, 5.41) is 18.0. The molecule has 0 aliphatic carbocycles. The number of nitrogens with zero attached hydrogens (tertiary/aromatic N) is 4. The van der Waals surface area contributed by atoms with E-state index >= 15 is 0 Å². The number of rotatable bonds is 6. The van der Waals surface area contributed by atoms with Crippen LogP contribution in [0.2, 0.25) is 0 Å². The van der Waals surface area contributed by atoms with Gasteiger partial charge in [0.1, 0.15) is 5.69 Å². The molecule has 17 heavy (non-hydrogen) atoms. The summed E-state index contributed by atoms with van der Waals surface area (Å²) in [6.45, 7) is 6.15. The molecule has 0 amide bonds. The molecule has 1 aromatic rings. The second-order valence-corrected chi connectivity index (χ2v) is 3.99. The van der Waals surface area contributed by atoms with Gasteiger partial charge in [-0.15, -0.1) is 0 Å². The fourth-order valence-corrected chi connectivity index (χ4v) is 1.59. The number of nitro groups is 1. The summed E-state index contributed by atoms with van der Waals surface area (Å²) in [4.78, 5) is 12.6. The summed E-state index contributed by atoms with van der Waals surface area (Å²) in [6, 6.07) is 0. The Kier molecular flexibility index (Phi) is 4.45. The summed E-state index contributed by atoms with van der Waals surface area (Å²) < 4.78 is 1.51. The van der Waals surface area contributed by atoms with Gasteiger partial charge in [0.2, 0.25) is 5.82 Å². The van der Waals surface area contributed by atoms with Crippen molar-refractivity contribution in [3.8, 4) is 0 Å². The molecular weight excluding hydrogens is 222 g/mol. The highest BCUT2D eigenvalue weighted by Crippen LogP contribution is 2.26. The van der Waals surface area contributed by atoms with E-state index in [0.717, 1.165) is 13.1 Å². The van der Waals surface area contributed by atoms with Crippen LogP contribution < -0.4 is 5.32 Å². The number of aryl methyl sites for hydroxylation is 2. The Hall–Kier alpha value is -1.63. The van der Waals surface area contributed by atoms with Gasteiger partial charge in [-0.05, 0) is 20.5 Å². The molecule has 7 heteroatoms. The van der Waals surface area contributed by atoms with Gasteiger partial charge in [0.05, 0.1) is 4.92 Å². The predicted molar refractivity (Wildman–Crippen MR) is 66.3 cm³/mol. The topological polar surface area (TPSA) is 76.2 Å². The van der Waals surface area contributed by atoms with Gasteiger partial charge < -0.3 is 10.2 Å².